The largest absolute Gasteiger partial charge is 0.481 e. The molecule has 0 amide bonds. The molecule has 1 heterocycles. The van der Waals surface area contributed by atoms with Gasteiger partial charge in [-0.05, 0) is 31.6 Å². The molecule has 3 nitrogen and oxygen atoms in total. The third-order valence-electron chi connectivity index (χ3n) is 4.78. The van der Waals surface area contributed by atoms with Crippen LogP contribution in [0.5, 0.6) is 0 Å². The lowest BCUT2D eigenvalue weighted by molar-refractivity contribution is -0.233. The molecular weight excluding hydrogens is 192 g/mol. The van der Waals surface area contributed by atoms with Crippen LogP contribution in [0.4, 0.5) is 0 Å². The van der Waals surface area contributed by atoms with Crippen LogP contribution in [0.2, 0.25) is 0 Å². The first-order valence-electron chi connectivity index (χ1n) is 6.10. The molecule has 0 aromatic carbocycles. The van der Waals surface area contributed by atoms with E-state index in [9.17, 15) is 9.90 Å². The first-order chi connectivity index (χ1) is 7.26. The Bertz CT molecular complexity index is 281. The monoisotopic (exact) mass is 210 g/mol. The summed E-state index contributed by atoms with van der Waals surface area (Å²) in [7, 11) is 0. The Morgan fingerprint density at radius 2 is 2.00 bits per heavy atom. The van der Waals surface area contributed by atoms with E-state index in [0.717, 1.165) is 32.3 Å². The van der Waals surface area contributed by atoms with Gasteiger partial charge in [0.05, 0.1) is 12.0 Å². The fourth-order valence-electron chi connectivity index (χ4n) is 4.28. The van der Waals surface area contributed by atoms with E-state index in [1.807, 2.05) is 0 Å². The van der Waals surface area contributed by atoms with Gasteiger partial charge in [-0.25, -0.2) is 0 Å². The molecule has 0 aromatic rings. The third-order valence-corrected chi connectivity index (χ3v) is 4.78. The second-order valence-corrected chi connectivity index (χ2v) is 5.35. The van der Waals surface area contributed by atoms with Crippen molar-refractivity contribution in [1.82, 2.24) is 0 Å². The normalized spacial score (nSPS) is 42.3. The molecule has 3 atom stereocenters. The molecule has 0 aromatic heterocycles. The number of carboxylic acids is 1. The van der Waals surface area contributed by atoms with Crippen molar-refractivity contribution < 1.29 is 14.6 Å². The van der Waals surface area contributed by atoms with Gasteiger partial charge in [0.1, 0.15) is 0 Å². The van der Waals surface area contributed by atoms with Gasteiger partial charge in [0.2, 0.25) is 0 Å². The highest BCUT2D eigenvalue weighted by Crippen LogP contribution is 2.63. The molecule has 3 fully saturated rings. The van der Waals surface area contributed by atoms with Crippen molar-refractivity contribution in [2.24, 2.45) is 17.3 Å². The van der Waals surface area contributed by atoms with Crippen LogP contribution in [0, 0.1) is 17.3 Å². The Balaban J connectivity index is 1.88. The summed E-state index contributed by atoms with van der Waals surface area (Å²) >= 11 is 0. The molecule has 0 unspecified atom stereocenters. The summed E-state index contributed by atoms with van der Waals surface area (Å²) in [6, 6.07) is 0. The van der Waals surface area contributed by atoms with E-state index < -0.39 is 5.97 Å². The molecule has 2 aliphatic carbocycles. The minimum absolute atomic E-state index is 0.0247. The van der Waals surface area contributed by atoms with Crippen molar-refractivity contribution in [3.8, 4) is 0 Å². The van der Waals surface area contributed by atoms with Gasteiger partial charge in [-0.2, -0.15) is 0 Å². The molecule has 3 heteroatoms. The highest BCUT2D eigenvalue weighted by atomic mass is 16.5. The molecule has 15 heavy (non-hydrogen) atoms. The number of fused-ring (bicyclic) bond motifs is 2. The third kappa shape index (κ3) is 1.13. The fourth-order valence-corrected chi connectivity index (χ4v) is 4.28. The molecule has 1 spiro atoms. The lowest BCUT2D eigenvalue weighted by atomic mass is 9.49. The molecular formula is C12H18O3. The maximum Gasteiger partial charge on any atom is 0.307 e. The van der Waals surface area contributed by atoms with Crippen LogP contribution in [0.15, 0.2) is 0 Å². The Morgan fingerprint density at radius 3 is 2.67 bits per heavy atom. The van der Waals surface area contributed by atoms with E-state index in [4.69, 9.17) is 4.74 Å². The van der Waals surface area contributed by atoms with Crippen LogP contribution < -0.4 is 0 Å². The minimum Gasteiger partial charge on any atom is -0.481 e. The maximum atomic E-state index is 11.3. The van der Waals surface area contributed by atoms with Crippen LogP contribution in [0.25, 0.3) is 0 Å². The maximum absolute atomic E-state index is 11.3. The smallest absolute Gasteiger partial charge is 0.307 e. The first kappa shape index (κ1) is 9.64. The number of hydrogen-bond acceptors (Lipinski definition) is 2. The number of aliphatic carboxylic acids is 1. The highest BCUT2D eigenvalue weighted by Gasteiger charge is 2.66. The lowest BCUT2D eigenvalue weighted by Crippen LogP contribution is -2.64. The number of rotatable bonds is 1. The van der Waals surface area contributed by atoms with Crippen LogP contribution in [-0.2, 0) is 9.53 Å². The van der Waals surface area contributed by atoms with E-state index in [-0.39, 0.29) is 17.4 Å². The second-order valence-electron chi connectivity index (χ2n) is 5.35. The van der Waals surface area contributed by atoms with E-state index >= 15 is 0 Å². The second kappa shape index (κ2) is 3.21. The molecule has 0 radical (unpaired) electrons. The summed E-state index contributed by atoms with van der Waals surface area (Å²) in [5.74, 6) is -0.372. The van der Waals surface area contributed by atoms with Gasteiger partial charge in [0, 0.05) is 12.0 Å². The van der Waals surface area contributed by atoms with Crippen LogP contribution >= 0.6 is 0 Å². The van der Waals surface area contributed by atoms with Crippen LogP contribution in [0.3, 0.4) is 0 Å². The quantitative estimate of drug-likeness (QED) is 0.720. The molecule has 2 saturated carbocycles. The van der Waals surface area contributed by atoms with Gasteiger partial charge in [0.25, 0.3) is 0 Å². The number of carboxylic acid groups (broad SMARTS) is 1. The van der Waals surface area contributed by atoms with E-state index in [1.165, 1.54) is 12.8 Å². The summed E-state index contributed by atoms with van der Waals surface area (Å²) in [6.45, 7) is 0.843. The Labute approximate surface area is 89.8 Å². The summed E-state index contributed by atoms with van der Waals surface area (Å²) in [5.41, 5.74) is 0.0247. The zero-order chi connectivity index (χ0) is 10.5. The van der Waals surface area contributed by atoms with Gasteiger partial charge in [0.15, 0.2) is 0 Å². The van der Waals surface area contributed by atoms with Gasteiger partial charge in [-0.3, -0.25) is 4.79 Å². The van der Waals surface area contributed by atoms with E-state index in [0.29, 0.717) is 5.92 Å². The Hall–Kier alpha value is -0.570. The van der Waals surface area contributed by atoms with E-state index in [1.54, 1.807) is 0 Å². The standard InChI is InChI=1S/C12H18O3/c13-11(14)9-8-4-3-7-15-10(8)12(9)5-1-2-6-12/h8-10H,1-7H2,(H,13,14)/t8-,9-,10-/m0/s1. The zero-order valence-corrected chi connectivity index (χ0v) is 8.95. The predicted molar refractivity (Wildman–Crippen MR) is 54.5 cm³/mol. The minimum atomic E-state index is -0.580. The number of hydrogen-bond donors (Lipinski definition) is 1. The molecule has 0 bridgehead atoms. The predicted octanol–water partition coefficient (Wildman–Crippen LogP) is 2.06. The Morgan fingerprint density at radius 1 is 1.27 bits per heavy atom. The average Bonchev–Trinajstić information content (AvgIpc) is 2.67. The molecule has 3 rings (SSSR count). The number of carbonyl (C=O) groups is 1. The van der Waals surface area contributed by atoms with Crippen molar-refractivity contribution in [2.75, 3.05) is 6.61 Å². The summed E-state index contributed by atoms with van der Waals surface area (Å²) < 4.78 is 5.83. The summed E-state index contributed by atoms with van der Waals surface area (Å²) in [6.07, 6.45) is 6.91. The zero-order valence-electron chi connectivity index (χ0n) is 8.95. The van der Waals surface area contributed by atoms with Crippen LogP contribution in [-0.4, -0.2) is 23.8 Å². The fraction of sp³-hybridized carbons (Fsp3) is 0.917. The SMILES string of the molecule is O=C(O)[C@@H]1[C@@H]2CCCO[C@@H]2C12CCCC2. The Kier molecular flexibility index (Phi) is 2.06. The average molecular weight is 210 g/mol. The first-order valence-corrected chi connectivity index (χ1v) is 6.10. The summed E-state index contributed by atoms with van der Waals surface area (Å²) in [4.78, 5) is 11.3. The van der Waals surface area contributed by atoms with Gasteiger partial charge < -0.3 is 9.84 Å². The van der Waals surface area contributed by atoms with Gasteiger partial charge in [-0.15, -0.1) is 0 Å². The van der Waals surface area contributed by atoms with Crippen molar-refractivity contribution in [1.29, 1.82) is 0 Å². The number of ether oxygens (including phenoxy) is 1. The van der Waals surface area contributed by atoms with E-state index in [2.05, 4.69) is 0 Å². The lowest BCUT2D eigenvalue weighted by Gasteiger charge is -2.59. The molecule has 3 aliphatic rings. The van der Waals surface area contributed by atoms with Crippen molar-refractivity contribution in [3.05, 3.63) is 0 Å². The molecule has 1 N–H and O–H groups in total. The van der Waals surface area contributed by atoms with Crippen molar-refractivity contribution in [2.45, 2.75) is 44.6 Å². The van der Waals surface area contributed by atoms with Crippen LogP contribution in [0.1, 0.15) is 38.5 Å². The van der Waals surface area contributed by atoms with Gasteiger partial charge in [-0.1, -0.05) is 12.8 Å². The summed E-state index contributed by atoms with van der Waals surface area (Å²) in [5, 5.41) is 9.34. The molecule has 84 valence electrons. The van der Waals surface area contributed by atoms with Crippen molar-refractivity contribution >= 4 is 5.97 Å². The molecule has 1 aliphatic heterocycles. The molecule has 1 saturated heterocycles. The highest BCUT2D eigenvalue weighted by molar-refractivity contribution is 5.73. The van der Waals surface area contributed by atoms with Gasteiger partial charge >= 0.3 is 5.97 Å². The topological polar surface area (TPSA) is 46.5 Å². The van der Waals surface area contributed by atoms with Crippen molar-refractivity contribution in [3.63, 3.8) is 0 Å².